The summed E-state index contributed by atoms with van der Waals surface area (Å²) in [5, 5.41) is 0. The zero-order chi connectivity index (χ0) is 32.2. The molecule has 0 saturated heterocycles. The minimum absolute atomic E-state index is 0.108. The van der Waals surface area contributed by atoms with E-state index in [1.165, 1.54) is 13.8 Å². The zero-order valence-corrected chi connectivity index (χ0v) is 26.7. The molecule has 0 unspecified atom stereocenters. The van der Waals surface area contributed by atoms with Crippen LogP contribution in [-0.2, 0) is 57.6 Å². The molecule has 0 N–H and O–H groups in total. The van der Waals surface area contributed by atoms with Crippen LogP contribution in [0.1, 0.15) is 82.4 Å². The lowest BCUT2D eigenvalue weighted by Crippen LogP contribution is -2.30. The van der Waals surface area contributed by atoms with Crippen LogP contribution in [0.5, 0.6) is 5.75 Å². The van der Waals surface area contributed by atoms with Gasteiger partial charge in [-0.3, -0.25) is 9.59 Å². The number of carbonyl (C=O) groups is 4. The summed E-state index contributed by atoms with van der Waals surface area (Å²) in [6.45, 7) is 4.36. The summed E-state index contributed by atoms with van der Waals surface area (Å²) in [6.07, 6.45) is 7.60. The zero-order valence-electron chi connectivity index (χ0n) is 26.7. The number of fused-ring (bicyclic) bond motifs is 2. The highest BCUT2D eigenvalue weighted by Crippen LogP contribution is 2.49. The van der Waals surface area contributed by atoms with Crippen LogP contribution >= 0.6 is 0 Å². The molecular formula is C36H46O9. The molecule has 4 rings (SSSR count). The Labute approximate surface area is 265 Å². The lowest BCUT2D eigenvalue weighted by molar-refractivity contribution is -0.160. The number of ether oxygens (including phenoxy) is 5. The molecule has 0 radical (unpaired) electrons. The number of esters is 4. The molecule has 9 heteroatoms. The Morgan fingerprint density at radius 3 is 2.36 bits per heavy atom. The summed E-state index contributed by atoms with van der Waals surface area (Å²) in [6, 6.07) is 15.1. The van der Waals surface area contributed by atoms with Gasteiger partial charge in [0.25, 0.3) is 0 Å². The standard InChI is InChI=1S/C36H46O9/c1-4-5-7-14-29(44-24(2)37)16-17-30-31-18-27-13-10-15-33(32(27)19-28(31)20-34(30)45-25(3)38)41-22-35(39)43-23-36(40)42-21-26-11-8-6-9-12-26/h6,8-13,15,28-31,34H,4-5,7,14,16-23H2,1-3H3/t28-,29-,30+,31-,34+/m0/s1. The Balaban J connectivity index is 1.33. The van der Waals surface area contributed by atoms with Crippen molar-refractivity contribution in [2.75, 3.05) is 13.2 Å². The molecule has 2 aromatic rings. The van der Waals surface area contributed by atoms with E-state index < -0.39 is 18.5 Å². The van der Waals surface area contributed by atoms with Crippen molar-refractivity contribution in [3.8, 4) is 5.75 Å². The predicted molar refractivity (Wildman–Crippen MR) is 166 cm³/mol. The second-order valence-corrected chi connectivity index (χ2v) is 12.2. The minimum Gasteiger partial charge on any atom is -0.482 e. The highest BCUT2D eigenvalue weighted by Gasteiger charge is 2.47. The van der Waals surface area contributed by atoms with E-state index >= 15 is 0 Å². The summed E-state index contributed by atoms with van der Waals surface area (Å²) in [5.41, 5.74) is 3.05. The lowest BCUT2D eigenvalue weighted by Gasteiger charge is -2.33. The SMILES string of the molecule is CCCCC[C@@H](CC[C@@H]1[C@H]2Cc3cccc(OCC(=O)OCC(=O)OCc4ccccc4)c3C[C@H]2C[C@H]1OC(C)=O)OC(C)=O. The highest BCUT2D eigenvalue weighted by atomic mass is 16.6. The Hall–Kier alpha value is -3.88. The maximum Gasteiger partial charge on any atom is 0.344 e. The molecule has 5 atom stereocenters. The van der Waals surface area contributed by atoms with Crippen LogP contribution in [0, 0.1) is 17.8 Å². The largest absolute Gasteiger partial charge is 0.482 e. The van der Waals surface area contributed by atoms with Crippen molar-refractivity contribution in [3.05, 3.63) is 65.2 Å². The summed E-state index contributed by atoms with van der Waals surface area (Å²) >= 11 is 0. The first kappa shape index (κ1) is 34.0. The van der Waals surface area contributed by atoms with Crippen LogP contribution in [0.15, 0.2) is 48.5 Å². The molecule has 45 heavy (non-hydrogen) atoms. The van der Waals surface area contributed by atoms with E-state index in [4.69, 9.17) is 23.7 Å². The molecule has 244 valence electrons. The van der Waals surface area contributed by atoms with E-state index in [2.05, 4.69) is 13.0 Å². The molecule has 2 aliphatic carbocycles. The molecule has 0 bridgehead atoms. The normalized spacial score (nSPS) is 20.7. The fraction of sp³-hybridized carbons (Fsp3) is 0.556. The highest BCUT2D eigenvalue weighted by molar-refractivity contribution is 5.77. The van der Waals surface area contributed by atoms with Gasteiger partial charge in [-0.1, -0.05) is 62.2 Å². The number of hydrogen-bond donors (Lipinski definition) is 0. The number of benzene rings is 2. The van der Waals surface area contributed by atoms with Gasteiger partial charge in [0.15, 0.2) is 13.2 Å². The molecule has 0 aromatic heterocycles. The Bertz CT molecular complexity index is 1290. The smallest absolute Gasteiger partial charge is 0.344 e. The number of rotatable bonds is 16. The second-order valence-electron chi connectivity index (χ2n) is 12.2. The van der Waals surface area contributed by atoms with Gasteiger partial charge >= 0.3 is 23.9 Å². The van der Waals surface area contributed by atoms with Crippen molar-refractivity contribution >= 4 is 23.9 Å². The third-order valence-electron chi connectivity index (χ3n) is 8.86. The Kier molecular flexibility index (Phi) is 12.8. The first-order valence-electron chi connectivity index (χ1n) is 16.2. The van der Waals surface area contributed by atoms with E-state index in [0.29, 0.717) is 11.7 Å². The molecule has 0 amide bonds. The lowest BCUT2D eigenvalue weighted by atomic mass is 9.73. The predicted octanol–water partition coefficient (Wildman–Crippen LogP) is 5.93. The van der Waals surface area contributed by atoms with Gasteiger partial charge < -0.3 is 23.7 Å². The molecule has 2 aromatic carbocycles. The summed E-state index contributed by atoms with van der Waals surface area (Å²) in [5.74, 6) is -0.447. The van der Waals surface area contributed by atoms with Crippen molar-refractivity contribution in [1.82, 2.24) is 0 Å². The van der Waals surface area contributed by atoms with E-state index in [1.807, 2.05) is 42.5 Å². The van der Waals surface area contributed by atoms with Crippen molar-refractivity contribution in [2.24, 2.45) is 17.8 Å². The average Bonchev–Trinajstić information content (AvgIpc) is 3.34. The van der Waals surface area contributed by atoms with Crippen molar-refractivity contribution in [2.45, 2.75) is 97.4 Å². The average molecular weight is 623 g/mol. The summed E-state index contributed by atoms with van der Waals surface area (Å²) in [7, 11) is 0. The third-order valence-corrected chi connectivity index (χ3v) is 8.86. The van der Waals surface area contributed by atoms with Crippen LogP contribution in [0.3, 0.4) is 0 Å². The van der Waals surface area contributed by atoms with Crippen LogP contribution in [0.4, 0.5) is 0 Å². The summed E-state index contributed by atoms with van der Waals surface area (Å²) < 4.78 is 27.6. The molecule has 9 nitrogen and oxygen atoms in total. The van der Waals surface area contributed by atoms with Gasteiger partial charge in [-0.15, -0.1) is 0 Å². The molecular weight excluding hydrogens is 576 g/mol. The maximum absolute atomic E-state index is 12.4. The monoisotopic (exact) mass is 622 g/mol. The van der Waals surface area contributed by atoms with Gasteiger partial charge in [0.05, 0.1) is 0 Å². The van der Waals surface area contributed by atoms with Crippen LogP contribution < -0.4 is 4.74 Å². The molecule has 1 fully saturated rings. The van der Waals surface area contributed by atoms with Gasteiger partial charge in [-0.2, -0.15) is 0 Å². The molecule has 0 spiro atoms. The van der Waals surface area contributed by atoms with Crippen LogP contribution in [-0.4, -0.2) is 49.3 Å². The maximum atomic E-state index is 12.4. The molecule has 2 aliphatic rings. The fourth-order valence-electron chi connectivity index (χ4n) is 6.85. The van der Waals surface area contributed by atoms with Gasteiger partial charge in [0.1, 0.15) is 24.6 Å². The Morgan fingerprint density at radius 1 is 0.844 bits per heavy atom. The second kappa shape index (κ2) is 17.0. The van der Waals surface area contributed by atoms with Gasteiger partial charge in [-0.05, 0) is 85.5 Å². The number of unbranched alkanes of at least 4 members (excludes halogenated alkanes) is 2. The number of hydrogen-bond acceptors (Lipinski definition) is 9. The minimum atomic E-state index is -0.657. The van der Waals surface area contributed by atoms with Crippen LogP contribution in [0.25, 0.3) is 0 Å². The first-order chi connectivity index (χ1) is 21.7. The van der Waals surface area contributed by atoms with Crippen molar-refractivity contribution < 1.29 is 42.9 Å². The van der Waals surface area contributed by atoms with Crippen molar-refractivity contribution in [3.63, 3.8) is 0 Å². The molecule has 0 aliphatic heterocycles. The van der Waals surface area contributed by atoms with E-state index in [-0.39, 0.29) is 49.2 Å². The third kappa shape index (κ3) is 10.3. The topological polar surface area (TPSA) is 114 Å². The van der Waals surface area contributed by atoms with E-state index in [9.17, 15) is 19.2 Å². The van der Waals surface area contributed by atoms with Gasteiger partial charge in [0.2, 0.25) is 0 Å². The Morgan fingerprint density at radius 2 is 1.62 bits per heavy atom. The fourth-order valence-corrected chi connectivity index (χ4v) is 6.85. The van der Waals surface area contributed by atoms with Crippen molar-refractivity contribution in [1.29, 1.82) is 0 Å². The molecule has 0 heterocycles. The number of carbonyl (C=O) groups excluding carboxylic acids is 4. The van der Waals surface area contributed by atoms with E-state index in [1.54, 1.807) is 0 Å². The van der Waals surface area contributed by atoms with Crippen LogP contribution in [0.2, 0.25) is 0 Å². The van der Waals surface area contributed by atoms with E-state index in [0.717, 1.165) is 74.5 Å². The molecule has 1 saturated carbocycles. The van der Waals surface area contributed by atoms with Gasteiger partial charge in [-0.25, -0.2) is 9.59 Å². The summed E-state index contributed by atoms with van der Waals surface area (Å²) in [4.78, 5) is 48.2. The quantitative estimate of drug-likeness (QED) is 0.128. The first-order valence-corrected chi connectivity index (χ1v) is 16.2. The van der Waals surface area contributed by atoms with Gasteiger partial charge in [0, 0.05) is 13.8 Å².